The highest BCUT2D eigenvalue weighted by Gasteiger charge is 2.40. The van der Waals surface area contributed by atoms with Gasteiger partial charge in [-0.15, -0.1) is 0 Å². The molecule has 3 aromatic rings. The van der Waals surface area contributed by atoms with Crippen molar-refractivity contribution < 1.29 is 23.8 Å². The average molecular weight is 457 g/mol. The van der Waals surface area contributed by atoms with Crippen molar-refractivity contribution in [3.05, 3.63) is 88.2 Å². The van der Waals surface area contributed by atoms with Crippen LogP contribution in [-0.2, 0) is 15.1 Å². The molecule has 3 N–H and O–H groups in total. The number of hydrogen-bond donors (Lipinski definition) is 2. The van der Waals surface area contributed by atoms with E-state index in [2.05, 4.69) is 4.99 Å². The van der Waals surface area contributed by atoms with Crippen molar-refractivity contribution in [3.63, 3.8) is 0 Å². The first-order chi connectivity index (χ1) is 15.3. The van der Waals surface area contributed by atoms with Crippen molar-refractivity contribution in [1.82, 2.24) is 0 Å². The molecule has 8 heteroatoms. The molecule has 1 unspecified atom stereocenters. The second kappa shape index (κ2) is 9.70. The number of carboxylic acid groups (broad SMARTS) is 1. The lowest BCUT2D eigenvalue weighted by atomic mass is 9.82. The highest BCUT2D eigenvalue weighted by molar-refractivity contribution is 6.30. The third kappa shape index (κ3) is 4.53. The highest BCUT2D eigenvalue weighted by Crippen LogP contribution is 2.41. The summed E-state index contributed by atoms with van der Waals surface area (Å²) < 4.78 is 25.6. The summed E-state index contributed by atoms with van der Waals surface area (Å²) in [4.78, 5) is 13.0. The van der Waals surface area contributed by atoms with Gasteiger partial charge in [0, 0.05) is 10.6 Å². The van der Waals surface area contributed by atoms with Crippen LogP contribution in [0, 0.1) is 12.7 Å². The molecule has 166 valence electrons. The van der Waals surface area contributed by atoms with E-state index >= 15 is 0 Å². The number of nitrogens with two attached hydrogens (primary N) is 1. The van der Waals surface area contributed by atoms with Gasteiger partial charge in [0.25, 0.3) is 12.5 Å². The summed E-state index contributed by atoms with van der Waals surface area (Å²) in [6.45, 7) is 1.94. The van der Waals surface area contributed by atoms with Gasteiger partial charge in [-0.05, 0) is 65.6 Å². The average Bonchev–Trinajstić information content (AvgIpc) is 3.17. The number of carbonyl (C=O) groups is 1. The summed E-state index contributed by atoms with van der Waals surface area (Å²) in [6, 6.07) is 18.0. The van der Waals surface area contributed by atoms with Crippen LogP contribution < -0.4 is 10.5 Å². The van der Waals surface area contributed by atoms with Crippen molar-refractivity contribution in [2.75, 3.05) is 13.7 Å². The third-order valence-electron chi connectivity index (χ3n) is 5.18. The number of halogens is 2. The molecule has 3 aromatic carbocycles. The Balaban J connectivity index is 0.000000913. The van der Waals surface area contributed by atoms with E-state index in [0.29, 0.717) is 16.1 Å². The molecule has 4 rings (SSSR count). The van der Waals surface area contributed by atoms with E-state index in [4.69, 9.17) is 36.7 Å². The standard InChI is InChI=1S/C23H20ClFN2O2.CH2O2/c1-14-10-16(7-9-21(14)28-2)23(13-29-22(26)27-23)17-6-8-20(25)19(12-17)15-4-3-5-18(24)11-15;2-1-3/h3-12H,13H2,1-2H3,(H2,26,27);1H,(H,2,3). The zero-order valence-electron chi connectivity index (χ0n) is 17.5. The first kappa shape index (κ1) is 23.1. The van der Waals surface area contributed by atoms with Crippen molar-refractivity contribution >= 4 is 24.1 Å². The maximum atomic E-state index is 14.7. The Hall–Kier alpha value is -3.58. The van der Waals surface area contributed by atoms with Crippen LogP contribution in [0.2, 0.25) is 5.02 Å². The monoisotopic (exact) mass is 456 g/mol. The molecule has 0 bridgehead atoms. The normalized spacial score (nSPS) is 16.9. The molecule has 0 aliphatic carbocycles. The number of ether oxygens (including phenoxy) is 2. The van der Waals surface area contributed by atoms with E-state index in [1.165, 1.54) is 6.07 Å². The Labute approximate surface area is 190 Å². The molecular weight excluding hydrogens is 435 g/mol. The smallest absolute Gasteiger partial charge is 0.290 e. The molecule has 0 amide bonds. The summed E-state index contributed by atoms with van der Waals surface area (Å²) in [5.41, 5.74) is 8.77. The lowest BCUT2D eigenvalue weighted by Crippen LogP contribution is -2.27. The van der Waals surface area contributed by atoms with Crippen LogP contribution in [0.4, 0.5) is 4.39 Å². The fourth-order valence-corrected chi connectivity index (χ4v) is 3.88. The molecule has 1 heterocycles. The minimum absolute atomic E-state index is 0.104. The van der Waals surface area contributed by atoms with E-state index in [0.717, 1.165) is 22.4 Å². The summed E-state index contributed by atoms with van der Waals surface area (Å²) in [5.74, 6) is 0.437. The molecule has 0 saturated carbocycles. The van der Waals surface area contributed by atoms with Gasteiger partial charge in [-0.3, -0.25) is 4.79 Å². The predicted molar refractivity (Wildman–Crippen MR) is 122 cm³/mol. The Morgan fingerprint density at radius 1 is 1.19 bits per heavy atom. The van der Waals surface area contributed by atoms with Crippen LogP contribution in [0.25, 0.3) is 11.1 Å². The van der Waals surface area contributed by atoms with Crippen LogP contribution >= 0.6 is 11.6 Å². The zero-order chi connectivity index (χ0) is 23.3. The fourth-order valence-electron chi connectivity index (χ4n) is 3.69. The maximum Gasteiger partial charge on any atom is 0.290 e. The molecule has 0 spiro atoms. The molecule has 0 aromatic heterocycles. The van der Waals surface area contributed by atoms with Crippen LogP contribution in [0.3, 0.4) is 0 Å². The molecule has 6 nitrogen and oxygen atoms in total. The Morgan fingerprint density at radius 3 is 2.47 bits per heavy atom. The predicted octanol–water partition coefficient (Wildman–Crippen LogP) is 4.75. The number of benzene rings is 3. The van der Waals surface area contributed by atoms with Gasteiger partial charge in [0.15, 0.2) is 5.54 Å². The Bertz CT molecular complexity index is 1170. The summed E-state index contributed by atoms with van der Waals surface area (Å²) in [6.07, 6.45) is 0. The minimum Gasteiger partial charge on any atom is -0.496 e. The molecule has 0 saturated heterocycles. The second-order valence-electron chi connectivity index (χ2n) is 7.09. The number of aliphatic imine (C=N–C) groups is 1. The van der Waals surface area contributed by atoms with E-state index in [-0.39, 0.29) is 24.9 Å². The van der Waals surface area contributed by atoms with E-state index in [9.17, 15) is 4.39 Å². The van der Waals surface area contributed by atoms with E-state index in [1.54, 1.807) is 37.4 Å². The summed E-state index contributed by atoms with van der Waals surface area (Å²) >= 11 is 6.11. The largest absolute Gasteiger partial charge is 0.496 e. The third-order valence-corrected chi connectivity index (χ3v) is 5.42. The summed E-state index contributed by atoms with van der Waals surface area (Å²) in [5, 5.41) is 7.43. The van der Waals surface area contributed by atoms with Gasteiger partial charge in [-0.1, -0.05) is 35.9 Å². The van der Waals surface area contributed by atoms with Gasteiger partial charge < -0.3 is 20.3 Å². The number of methoxy groups -OCH3 is 1. The minimum atomic E-state index is -0.873. The maximum absolute atomic E-state index is 14.7. The molecule has 1 aliphatic heterocycles. The number of aryl methyl sites for hydroxylation is 1. The number of amidine groups is 1. The Kier molecular flexibility index (Phi) is 7.00. The molecular formula is C24H22ClFN2O4. The number of rotatable bonds is 4. The molecule has 0 radical (unpaired) electrons. The van der Waals surface area contributed by atoms with Crippen molar-refractivity contribution in [2.24, 2.45) is 10.7 Å². The lowest BCUT2D eigenvalue weighted by molar-refractivity contribution is -0.122. The Morgan fingerprint density at radius 2 is 1.88 bits per heavy atom. The molecule has 1 aliphatic rings. The number of nitrogens with zero attached hydrogens (tertiary/aromatic N) is 1. The van der Waals surface area contributed by atoms with E-state index in [1.807, 2.05) is 31.2 Å². The van der Waals surface area contributed by atoms with Crippen molar-refractivity contribution in [2.45, 2.75) is 12.5 Å². The van der Waals surface area contributed by atoms with Crippen molar-refractivity contribution in [3.8, 4) is 16.9 Å². The molecule has 32 heavy (non-hydrogen) atoms. The van der Waals surface area contributed by atoms with Gasteiger partial charge in [-0.2, -0.15) is 0 Å². The zero-order valence-corrected chi connectivity index (χ0v) is 18.3. The molecule has 1 atom stereocenters. The van der Waals surface area contributed by atoms with Gasteiger partial charge in [0.2, 0.25) is 0 Å². The van der Waals surface area contributed by atoms with Crippen LogP contribution in [-0.4, -0.2) is 31.3 Å². The molecule has 0 fully saturated rings. The first-order valence-corrected chi connectivity index (χ1v) is 9.99. The van der Waals surface area contributed by atoms with Crippen LogP contribution in [0.5, 0.6) is 5.75 Å². The quantitative estimate of drug-likeness (QED) is 0.552. The van der Waals surface area contributed by atoms with Crippen LogP contribution in [0.1, 0.15) is 16.7 Å². The topological polar surface area (TPSA) is 94.1 Å². The first-order valence-electron chi connectivity index (χ1n) is 9.61. The van der Waals surface area contributed by atoms with Crippen LogP contribution in [0.15, 0.2) is 65.7 Å². The van der Waals surface area contributed by atoms with Crippen molar-refractivity contribution in [1.29, 1.82) is 0 Å². The van der Waals surface area contributed by atoms with Gasteiger partial charge in [-0.25, -0.2) is 9.38 Å². The van der Waals surface area contributed by atoms with Gasteiger partial charge in [0.1, 0.15) is 18.2 Å². The lowest BCUT2D eigenvalue weighted by Gasteiger charge is -2.26. The summed E-state index contributed by atoms with van der Waals surface area (Å²) in [7, 11) is 1.63. The second-order valence-corrected chi connectivity index (χ2v) is 7.53. The SMILES string of the molecule is COc1ccc(C2(c3ccc(F)c(-c4cccc(Cl)c4)c3)COC(N)=N2)cc1C.O=CO. The van der Waals surface area contributed by atoms with Gasteiger partial charge in [0.05, 0.1) is 7.11 Å². The highest BCUT2D eigenvalue weighted by atomic mass is 35.5. The fraction of sp³-hybridized carbons (Fsp3) is 0.167. The number of hydrogen-bond acceptors (Lipinski definition) is 5. The van der Waals surface area contributed by atoms with E-state index < -0.39 is 5.54 Å². The van der Waals surface area contributed by atoms with Gasteiger partial charge >= 0.3 is 0 Å².